The molecule has 0 aliphatic carbocycles. The van der Waals surface area contributed by atoms with Crippen molar-refractivity contribution in [3.63, 3.8) is 0 Å². The van der Waals surface area contributed by atoms with Gasteiger partial charge in [-0.3, -0.25) is 4.98 Å². The molecular formula is C17H20N4. The van der Waals surface area contributed by atoms with E-state index in [1.807, 2.05) is 12.3 Å². The van der Waals surface area contributed by atoms with Gasteiger partial charge in [-0.2, -0.15) is 0 Å². The highest BCUT2D eigenvalue weighted by molar-refractivity contribution is 5.81. The van der Waals surface area contributed by atoms with E-state index < -0.39 is 0 Å². The van der Waals surface area contributed by atoms with Crippen molar-refractivity contribution in [2.24, 2.45) is 5.73 Å². The van der Waals surface area contributed by atoms with Gasteiger partial charge in [0.25, 0.3) is 0 Å². The van der Waals surface area contributed by atoms with E-state index in [9.17, 15) is 0 Å². The van der Waals surface area contributed by atoms with E-state index in [-0.39, 0.29) is 0 Å². The predicted octanol–water partition coefficient (Wildman–Crippen LogP) is 3.28. The zero-order valence-electron chi connectivity index (χ0n) is 12.5. The zero-order valence-corrected chi connectivity index (χ0v) is 12.5. The van der Waals surface area contributed by atoms with Crippen LogP contribution in [0.3, 0.4) is 0 Å². The van der Waals surface area contributed by atoms with Gasteiger partial charge in [0.05, 0.1) is 11.0 Å². The minimum atomic E-state index is 0.536. The van der Waals surface area contributed by atoms with Crippen LogP contribution in [0.25, 0.3) is 22.6 Å². The SMILES string of the molecule is CCCn1c(-c2ncccc2C)nc2cc(CN)ccc21. The van der Waals surface area contributed by atoms with Crippen LogP contribution in [0.2, 0.25) is 0 Å². The molecule has 0 bridgehead atoms. The zero-order chi connectivity index (χ0) is 14.8. The van der Waals surface area contributed by atoms with Crippen LogP contribution in [0.1, 0.15) is 24.5 Å². The fourth-order valence-corrected chi connectivity index (χ4v) is 2.65. The molecule has 0 spiro atoms. The van der Waals surface area contributed by atoms with Gasteiger partial charge < -0.3 is 10.3 Å². The molecule has 0 aliphatic heterocycles. The number of benzene rings is 1. The third-order valence-electron chi connectivity index (χ3n) is 3.72. The summed E-state index contributed by atoms with van der Waals surface area (Å²) in [5.41, 5.74) is 11.1. The Morgan fingerprint density at radius 3 is 2.81 bits per heavy atom. The maximum absolute atomic E-state index is 5.73. The highest BCUT2D eigenvalue weighted by Crippen LogP contribution is 2.26. The first kappa shape index (κ1) is 13.8. The van der Waals surface area contributed by atoms with Crippen molar-refractivity contribution in [2.75, 3.05) is 0 Å². The monoisotopic (exact) mass is 280 g/mol. The van der Waals surface area contributed by atoms with E-state index in [2.05, 4.69) is 47.7 Å². The molecular weight excluding hydrogens is 260 g/mol. The van der Waals surface area contributed by atoms with Crippen LogP contribution in [-0.4, -0.2) is 14.5 Å². The molecule has 108 valence electrons. The second-order valence-corrected chi connectivity index (χ2v) is 5.28. The molecule has 0 radical (unpaired) electrons. The van der Waals surface area contributed by atoms with E-state index in [1.54, 1.807) is 0 Å². The number of imidazole rings is 1. The Balaban J connectivity index is 2.26. The van der Waals surface area contributed by atoms with Crippen molar-refractivity contribution in [3.05, 3.63) is 47.7 Å². The maximum Gasteiger partial charge on any atom is 0.160 e. The van der Waals surface area contributed by atoms with Gasteiger partial charge in [-0.15, -0.1) is 0 Å². The summed E-state index contributed by atoms with van der Waals surface area (Å²) in [6.07, 6.45) is 2.88. The first-order valence-electron chi connectivity index (χ1n) is 7.35. The van der Waals surface area contributed by atoms with Gasteiger partial charge in [0.15, 0.2) is 5.82 Å². The van der Waals surface area contributed by atoms with E-state index in [0.717, 1.165) is 46.6 Å². The van der Waals surface area contributed by atoms with Crippen molar-refractivity contribution < 1.29 is 0 Å². The molecule has 4 nitrogen and oxygen atoms in total. The number of nitrogens with zero attached hydrogens (tertiary/aromatic N) is 3. The number of nitrogens with two attached hydrogens (primary N) is 1. The number of hydrogen-bond donors (Lipinski definition) is 1. The first-order valence-corrected chi connectivity index (χ1v) is 7.35. The van der Waals surface area contributed by atoms with E-state index in [4.69, 9.17) is 10.7 Å². The number of pyridine rings is 1. The number of hydrogen-bond acceptors (Lipinski definition) is 3. The number of aromatic nitrogens is 3. The minimum Gasteiger partial charge on any atom is -0.326 e. The topological polar surface area (TPSA) is 56.7 Å². The largest absolute Gasteiger partial charge is 0.326 e. The Kier molecular flexibility index (Phi) is 3.71. The van der Waals surface area contributed by atoms with Gasteiger partial charge in [0.2, 0.25) is 0 Å². The van der Waals surface area contributed by atoms with Crippen LogP contribution in [0.4, 0.5) is 0 Å². The molecule has 2 aromatic heterocycles. The molecule has 0 fully saturated rings. The molecule has 3 rings (SSSR count). The third-order valence-corrected chi connectivity index (χ3v) is 3.72. The Bertz CT molecular complexity index is 774. The lowest BCUT2D eigenvalue weighted by Gasteiger charge is -2.09. The van der Waals surface area contributed by atoms with Crippen molar-refractivity contribution in [1.29, 1.82) is 0 Å². The lowest BCUT2D eigenvalue weighted by atomic mass is 10.2. The highest BCUT2D eigenvalue weighted by Gasteiger charge is 2.14. The Morgan fingerprint density at radius 2 is 2.10 bits per heavy atom. The molecule has 3 aromatic rings. The molecule has 2 heterocycles. The second-order valence-electron chi connectivity index (χ2n) is 5.28. The summed E-state index contributed by atoms with van der Waals surface area (Å²) in [7, 11) is 0. The van der Waals surface area contributed by atoms with Crippen LogP contribution < -0.4 is 5.73 Å². The summed E-state index contributed by atoms with van der Waals surface area (Å²) in [6, 6.07) is 10.3. The quantitative estimate of drug-likeness (QED) is 0.798. The van der Waals surface area contributed by atoms with Crippen LogP contribution in [0.15, 0.2) is 36.5 Å². The van der Waals surface area contributed by atoms with Gasteiger partial charge in [0.1, 0.15) is 5.69 Å². The van der Waals surface area contributed by atoms with Gasteiger partial charge in [0, 0.05) is 19.3 Å². The molecule has 0 aliphatic rings. The Hall–Kier alpha value is -2.20. The van der Waals surface area contributed by atoms with Gasteiger partial charge in [-0.25, -0.2) is 4.98 Å². The third kappa shape index (κ3) is 2.43. The van der Waals surface area contributed by atoms with Gasteiger partial charge in [-0.1, -0.05) is 19.1 Å². The van der Waals surface area contributed by atoms with E-state index in [0.29, 0.717) is 6.54 Å². The van der Waals surface area contributed by atoms with Crippen LogP contribution in [0.5, 0.6) is 0 Å². The van der Waals surface area contributed by atoms with Crippen molar-refractivity contribution in [3.8, 4) is 11.5 Å². The number of rotatable bonds is 4. The summed E-state index contributed by atoms with van der Waals surface area (Å²) in [5, 5.41) is 0. The van der Waals surface area contributed by atoms with Crippen LogP contribution >= 0.6 is 0 Å². The standard InChI is InChI=1S/C17H20N4/c1-3-9-21-15-7-6-13(11-18)10-14(15)20-17(21)16-12(2)5-4-8-19-16/h4-8,10H,3,9,11,18H2,1-2H3. The van der Waals surface area contributed by atoms with Gasteiger partial charge >= 0.3 is 0 Å². The Morgan fingerprint density at radius 1 is 1.24 bits per heavy atom. The lowest BCUT2D eigenvalue weighted by molar-refractivity contribution is 0.702. The van der Waals surface area contributed by atoms with Crippen molar-refractivity contribution in [1.82, 2.24) is 14.5 Å². The molecule has 0 unspecified atom stereocenters. The maximum atomic E-state index is 5.73. The average molecular weight is 280 g/mol. The summed E-state index contributed by atoms with van der Waals surface area (Å²) in [6.45, 7) is 5.72. The molecule has 0 atom stereocenters. The molecule has 2 N–H and O–H groups in total. The van der Waals surface area contributed by atoms with Crippen molar-refractivity contribution in [2.45, 2.75) is 33.4 Å². The van der Waals surface area contributed by atoms with Crippen molar-refractivity contribution >= 4 is 11.0 Å². The second kappa shape index (κ2) is 5.66. The fraction of sp³-hybridized carbons (Fsp3) is 0.294. The molecule has 4 heteroatoms. The number of aryl methyl sites for hydroxylation is 2. The van der Waals surface area contributed by atoms with Gasteiger partial charge in [-0.05, 0) is 42.7 Å². The van der Waals surface area contributed by atoms with Crippen LogP contribution in [0, 0.1) is 6.92 Å². The predicted molar refractivity (Wildman–Crippen MR) is 85.9 cm³/mol. The summed E-state index contributed by atoms with van der Waals surface area (Å²) >= 11 is 0. The molecule has 1 aromatic carbocycles. The van der Waals surface area contributed by atoms with E-state index >= 15 is 0 Å². The summed E-state index contributed by atoms with van der Waals surface area (Å²) in [5.74, 6) is 0.944. The molecule has 0 saturated heterocycles. The average Bonchev–Trinajstić information content (AvgIpc) is 2.86. The normalized spacial score (nSPS) is 11.2. The van der Waals surface area contributed by atoms with Crippen LogP contribution in [-0.2, 0) is 13.1 Å². The number of fused-ring (bicyclic) bond motifs is 1. The summed E-state index contributed by atoms with van der Waals surface area (Å²) < 4.78 is 2.25. The molecule has 0 amide bonds. The molecule has 0 saturated carbocycles. The molecule has 21 heavy (non-hydrogen) atoms. The minimum absolute atomic E-state index is 0.536. The summed E-state index contributed by atoms with van der Waals surface area (Å²) in [4.78, 5) is 9.34. The van der Waals surface area contributed by atoms with E-state index in [1.165, 1.54) is 0 Å². The first-order chi connectivity index (χ1) is 10.2. The lowest BCUT2D eigenvalue weighted by Crippen LogP contribution is -2.02. The smallest absolute Gasteiger partial charge is 0.160 e. The highest BCUT2D eigenvalue weighted by atomic mass is 15.1. The Labute approximate surface area is 124 Å². The fourth-order valence-electron chi connectivity index (χ4n) is 2.65.